The van der Waals surface area contributed by atoms with E-state index in [-0.39, 0.29) is 23.4 Å². The van der Waals surface area contributed by atoms with Crippen LogP contribution in [0.1, 0.15) is 51.6 Å². The molecule has 0 aromatic carbocycles. The van der Waals surface area contributed by atoms with E-state index in [1.165, 1.54) is 6.08 Å². The Labute approximate surface area is 162 Å². The van der Waals surface area contributed by atoms with Crippen LogP contribution in [0.4, 0.5) is 0 Å². The fourth-order valence-corrected chi connectivity index (χ4v) is 2.58. The van der Waals surface area contributed by atoms with Crippen molar-refractivity contribution in [1.82, 2.24) is 9.88 Å². The van der Waals surface area contributed by atoms with Crippen molar-refractivity contribution in [1.29, 1.82) is 5.26 Å². The molecule has 0 bridgehead atoms. The molecule has 1 rings (SSSR count). The van der Waals surface area contributed by atoms with Gasteiger partial charge in [-0.3, -0.25) is 4.79 Å². The van der Waals surface area contributed by atoms with Gasteiger partial charge in [-0.1, -0.05) is 27.7 Å². The normalized spacial score (nSPS) is 12.8. The molecule has 0 spiro atoms. The quantitative estimate of drug-likeness (QED) is 0.430. The maximum atomic E-state index is 12.2. The molecule has 0 aliphatic carbocycles. The summed E-state index contributed by atoms with van der Waals surface area (Å²) in [6, 6.07) is 3.80. The van der Waals surface area contributed by atoms with Crippen molar-refractivity contribution in [3.63, 3.8) is 0 Å². The van der Waals surface area contributed by atoms with Gasteiger partial charge in [0.05, 0.1) is 0 Å². The van der Waals surface area contributed by atoms with Gasteiger partial charge in [0.1, 0.15) is 11.6 Å². The highest BCUT2D eigenvalue weighted by molar-refractivity contribution is 5.99. The van der Waals surface area contributed by atoms with Crippen molar-refractivity contribution >= 4 is 18.0 Å². The zero-order chi connectivity index (χ0) is 20.7. The van der Waals surface area contributed by atoms with E-state index in [9.17, 15) is 14.9 Å². The number of carbonyl (C=O) groups excluding carboxylic acids is 2. The van der Waals surface area contributed by atoms with Crippen LogP contribution in [0.2, 0.25) is 0 Å². The molecule has 1 N–H and O–H groups in total. The van der Waals surface area contributed by atoms with E-state index in [1.807, 2.05) is 46.8 Å². The van der Waals surface area contributed by atoms with Crippen LogP contribution in [-0.4, -0.2) is 29.1 Å². The molecular formula is C21H31N3O3. The van der Waals surface area contributed by atoms with Gasteiger partial charge < -0.3 is 14.6 Å². The van der Waals surface area contributed by atoms with Crippen LogP contribution < -0.4 is 5.32 Å². The van der Waals surface area contributed by atoms with Crippen LogP contribution in [0.15, 0.2) is 11.6 Å². The van der Waals surface area contributed by atoms with Crippen molar-refractivity contribution in [2.75, 3.05) is 6.61 Å². The van der Waals surface area contributed by atoms with Crippen LogP contribution in [0.25, 0.3) is 6.08 Å². The van der Waals surface area contributed by atoms with Crippen molar-refractivity contribution in [2.24, 2.45) is 11.8 Å². The molecule has 1 amide bonds. The lowest BCUT2D eigenvalue weighted by molar-refractivity contribution is -0.144. The van der Waals surface area contributed by atoms with E-state index in [4.69, 9.17) is 4.74 Å². The number of nitriles is 1. The lowest BCUT2D eigenvalue weighted by atomic mass is 10.1. The molecule has 1 aromatic rings. The molecule has 0 radical (unpaired) electrons. The molecular weight excluding hydrogens is 342 g/mol. The second-order valence-electron chi connectivity index (χ2n) is 7.68. The van der Waals surface area contributed by atoms with Gasteiger partial charge in [-0.25, -0.2) is 4.79 Å². The van der Waals surface area contributed by atoms with Gasteiger partial charge in [0.25, 0.3) is 5.91 Å². The summed E-state index contributed by atoms with van der Waals surface area (Å²) < 4.78 is 7.17. The third kappa shape index (κ3) is 6.59. The number of ether oxygens (including phenoxy) is 1. The highest BCUT2D eigenvalue weighted by Gasteiger charge is 2.17. The predicted molar refractivity (Wildman–Crippen MR) is 106 cm³/mol. The molecule has 148 valence electrons. The van der Waals surface area contributed by atoms with Gasteiger partial charge in [-0.2, -0.15) is 5.26 Å². The molecule has 1 heterocycles. The maximum absolute atomic E-state index is 12.2. The SMILES string of the molecule is Cc1cc(C=C(C#N)C(=O)OCC(=O)NC(C)C(C)C)c(C)n1CC(C)C. The van der Waals surface area contributed by atoms with Gasteiger partial charge in [0, 0.05) is 24.0 Å². The molecule has 1 atom stereocenters. The van der Waals surface area contributed by atoms with E-state index in [1.54, 1.807) is 0 Å². The van der Waals surface area contributed by atoms with Crippen LogP contribution in [0.3, 0.4) is 0 Å². The Bertz CT molecular complexity index is 751. The summed E-state index contributed by atoms with van der Waals surface area (Å²) in [5, 5.41) is 12.1. The third-order valence-corrected chi connectivity index (χ3v) is 4.52. The van der Waals surface area contributed by atoms with Crippen molar-refractivity contribution in [3.8, 4) is 6.07 Å². The topological polar surface area (TPSA) is 84.1 Å². The van der Waals surface area contributed by atoms with Crippen LogP contribution in [0.5, 0.6) is 0 Å². The number of rotatable bonds is 8. The number of carbonyl (C=O) groups is 2. The average molecular weight is 373 g/mol. The Kier molecular flexibility index (Phi) is 8.30. The number of nitrogens with zero attached hydrogens (tertiary/aromatic N) is 2. The number of hydrogen-bond donors (Lipinski definition) is 1. The number of amides is 1. The second-order valence-corrected chi connectivity index (χ2v) is 7.68. The number of aryl methyl sites for hydroxylation is 1. The molecule has 0 saturated heterocycles. The minimum atomic E-state index is -0.793. The fourth-order valence-electron chi connectivity index (χ4n) is 2.58. The third-order valence-electron chi connectivity index (χ3n) is 4.52. The zero-order valence-corrected chi connectivity index (χ0v) is 17.4. The molecule has 1 aromatic heterocycles. The second kappa shape index (κ2) is 9.96. The van der Waals surface area contributed by atoms with Gasteiger partial charge in [0.15, 0.2) is 6.61 Å². The standard InChI is InChI=1S/C21H31N3O3/c1-13(2)11-24-15(5)8-18(17(24)7)9-19(10-22)21(26)27-12-20(25)23-16(6)14(3)4/h8-9,13-14,16H,11-12H2,1-7H3,(H,23,25). The molecule has 0 saturated carbocycles. The predicted octanol–water partition coefficient (Wildman–Crippen LogP) is 3.37. The first-order valence-corrected chi connectivity index (χ1v) is 9.31. The molecule has 0 fully saturated rings. The molecule has 6 nitrogen and oxygen atoms in total. The minimum absolute atomic E-state index is 0.0199. The molecule has 0 aliphatic rings. The number of aromatic nitrogens is 1. The number of hydrogen-bond acceptors (Lipinski definition) is 4. The summed E-state index contributed by atoms with van der Waals surface area (Å²) in [5.74, 6) is -0.408. The summed E-state index contributed by atoms with van der Waals surface area (Å²) in [4.78, 5) is 24.0. The van der Waals surface area contributed by atoms with Gasteiger partial charge >= 0.3 is 5.97 Å². The first kappa shape index (κ1) is 22.5. The summed E-state index contributed by atoms with van der Waals surface area (Å²) in [6.07, 6.45) is 1.52. The number of nitrogens with one attached hydrogen (secondary N) is 1. The maximum Gasteiger partial charge on any atom is 0.349 e. The lowest BCUT2D eigenvalue weighted by Gasteiger charge is -2.17. The Morgan fingerprint density at radius 3 is 2.41 bits per heavy atom. The van der Waals surface area contributed by atoms with E-state index in [2.05, 4.69) is 23.7 Å². The highest BCUT2D eigenvalue weighted by atomic mass is 16.5. The molecule has 1 unspecified atom stereocenters. The Morgan fingerprint density at radius 2 is 1.89 bits per heavy atom. The van der Waals surface area contributed by atoms with E-state index >= 15 is 0 Å². The lowest BCUT2D eigenvalue weighted by Crippen LogP contribution is -2.38. The summed E-state index contributed by atoms with van der Waals surface area (Å²) >= 11 is 0. The van der Waals surface area contributed by atoms with E-state index in [0.29, 0.717) is 5.92 Å². The first-order chi connectivity index (χ1) is 12.6. The molecule has 0 aliphatic heterocycles. The first-order valence-electron chi connectivity index (χ1n) is 9.31. The van der Waals surface area contributed by atoms with Crippen molar-refractivity contribution in [2.45, 2.75) is 61.1 Å². The van der Waals surface area contributed by atoms with E-state index < -0.39 is 12.6 Å². The molecule has 27 heavy (non-hydrogen) atoms. The van der Waals surface area contributed by atoms with Crippen LogP contribution >= 0.6 is 0 Å². The Hall–Kier alpha value is -2.55. The van der Waals surface area contributed by atoms with Gasteiger partial charge in [0.2, 0.25) is 0 Å². The fraction of sp³-hybridized carbons (Fsp3) is 0.571. The highest BCUT2D eigenvalue weighted by Crippen LogP contribution is 2.20. The van der Waals surface area contributed by atoms with Gasteiger partial charge in [-0.05, 0) is 50.3 Å². The summed E-state index contributed by atoms with van der Waals surface area (Å²) in [7, 11) is 0. The zero-order valence-electron chi connectivity index (χ0n) is 17.4. The summed E-state index contributed by atoms with van der Waals surface area (Å²) in [6.45, 7) is 14.6. The Balaban J connectivity index is 2.85. The largest absolute Gasteiger partial charge is 0.451 e. The number of esters is 1. The van der Waals surface area contributed by atoms with Crippen LogP contribution in [0, 0.1) is 37.0 Å². The smallest absolute Gasteiger partial charge is 0.349 e. The average Bonchev–Trinajstić information content (AvgIpc) is 2.84. The van der Waals surface area contributed by atoms with Crippen LogP contribution in [-0.2, 0) is 20.9 Å². The minimum Gasteiger partial charge on any atom is -0.451 e. The van der Waals surface area contributed by atoms with E-state index in [0.717, 1.165) is 23.5 Å². The van der Waals surface area contributed by atoms with Crippen molar-refractivity contribution in [3.05, 3.63) is 28.6 Å². The van der Waals surface area contributed by atoms with Gasteiger partial charge in [-0.15, -0.1) is 0 Å². The Morgan fingerprint density at radius 1 is 1.26 bits per heavy atom. The monoisotopic (exact) mass is 373 g/mol. The molecule has 6 heteroatoms. The van der Waals surface area contributed by atoms with Crippen molar-refractivity contribution < 1.29 is 14.3 Å². The summed E-state index contributed by atoms with van der Waals surface area (Å²) in [5.41, 5.74) is 2.74.